The maximum Gasteiger partial charge on any atom is 0.253 e. The Labute approximate surface area is 123 Å². The van der Waals surface area contributed by atoms with Gasteiger partial charge in [0.05, 0.1) is 0 Å². The molecule has 1 atom stereocenters. The van der Waals surface area contributed by atoms with E-state index in [1.807, 2.05) is 37.1 Å². The summed E-state index contributed by atoms with van der Waals surface area (Å²) in [5.74, 6) is 0.107. The predicted molar refractivity (Wildman–Crippen MR) is 81.5 cm³/mol. The van der Waals surface area contributed by atoms with Gasteiger partial charge in [-0.1, -0.05) is 15.9 Å². The standard InChI is InChI=1S/C15H21BrN2O/c1-11-9-12(6-7-14(11)16)15(19)18(3)10-13-5-4-8-17(13)2/h6-7,9,13H,4-5,8,10H2,1-3H3. The lowest BCUT2D eigenvalue weighted by Crippen LogP contribution is -2.39. The minimum absolute atomic E-state index is 0.107. The first-order chi connectivity index (χ1) is 8.99. The van der Waals surface area contributed by atoms with Gasteiger partial charge in [0.25, 0.3) is 5.91 Å². The third-order valence-corrected chi connectivity index (χ3v) is 4.80. The largest absolute Gasteiger partial charge is 0.340 e. The molecule has 1 aromatic carbocycles. The van der Waals surface area contributed by atoms with Crippen molar-refractivity contribution in [2.24, 2.45) is 0 Å². The van der Waals surface area contributed by atoms with Crippen LogP contribution in [0.4, 0.5) is 0 Å². The highest BCUT2D eigenvalue weighted by molar-refractivity contribution is 9.10. The first-order valence-corrected chi connectivity index (χ1v) is 7.50. The molecule has 0 aliphatic carbocycles. The van der Waals surface area contributed by atoms with E-state index in [2.05, 4.69) is 27.9 Å². The van der Waals surface area contributed by atoms with Crippen LogP contribution in [0.25, 0.3) is 0 Å². The fourth-order valence-corrected chi connectivity index (χ4v) is 2.85. The minimum atomic E-state index is 0.107. The van der Waals surface area contributed by atoms with Crippen LogP contribution in [-0.4, -0.2) is 48.9 Å². The Morgan fingerprint density at radius 3 is 2.84 bits per heavy atom. The summed E-state index contributed by atoms with van der Waals surface area (Å²) in [5, 5.41) is 0. The molecular weight excluding hydrogens is 304 g/mol. The van der Waals surface area contributed by atoms with Crippen LogP contribution in [-0.2, 0) is 0 Å². The predicted octanol–water partition coefficient (Wildman–Crippen LogP) is 2.92. The van der Waals surface area contributed by atoms with Gasteiger partial charge in [0.2, 0.25) is 0 Å². The van der Waals surface area contributed by atoms with E-state index in [-0.39, 0.29) is 5.91 Å². The molecule has 1 aromatic rings. The molecule has 0 spiro atoms. The number of benzene rings is 1. The van der Waals surface area contributed by atoms with E-state index in [9.17, 15) is 4.79 Å². The summed E-state index contributed by atoms with van der Waals surface area (Å²) in [6, 6.07) is 6.28. The van der Waals surface area contributed by atoms with E-state index in [0.29, 0.717) is 6.04 Å². The second kappa shape index (κ2) is 6.06. The van der Waals surface area contributed by atoms with Crippen LogP contribution in [0.5, 0.6) is 0 Å². The number of amides is 1. The van der Waals surface area contributed by atoms with Crippen LogP contribution in [0.15, 0.2) is 22.7 Å². The quantitative estimate of drug-likeness (QED) is 0.853. The Hall–Kier alpha value is -0.870. The number of likely N-dealkylation sites (tertiary alicyclic amines) is 1. The lowest BCUT2D eigenvalue weighted by molar-refractivity contribution is 0.0761. The normalized spacial score (nSPS) is 19.7. The summed E-state index contributed by atoms with van der Waals surface area (Å²) in [6.07, 6.45) is 2.42. The molecule has 4 heteroatoms. The zero-order valence-corrected chi connectivity index (χ0v) is 13.4. The van der Waals surface area contributed by atoms with Gasteiger partial charge in [-0.3, -0.25) is 4.79 Å². The number of halogens is 1. The van der Waals surface area contributed by atoms with Gasteiger partial charge in [-0.05, 0) is 57.1 Å². The third kappa shape index (κ3) is 3.37. The van der Waals surface area contributed by atoms with Crippen LogP contribution >= 0.6 is 15.9 Å². The Morgan fingerprint density at radius 2 is 2.26 bits per heavy atom. The van der Waals surface area contributed by atoms with Crippen molar-refractivity contribution in [2.45, 2.75) is 25.8 Å². The van der Waals surface area contributed by atoms with Gasteiger partial charge in [0.15, 0.2) is 0 Å². The van der Waals surface area contributed by atoms with E-state index in [4.69, 9.17) is 0 Å². The first kappa shape index (κ1) is 14.5. The van der Waals surface area contributed by atoms with Crippen molar-refractivity contribution in [3.63, 3.8) is 0 Å². The van der Waals surface area contributed by atoms with E-state index in [1.165, 1.54) is 12.8 Å². The molecule has 19 heavy (non-hydrogen) atoms. The second-order valence-corrected chi connectivity index (χ2v) is 6.28. The molecule has 3 nitrogen and oxygen atoms in total. The van der Waals surface area contributed by atoms with Crippen molar-refractivity contribution in [1.82, 2.24) is 9.80 Å². The molecule has 0 aromatic heterocycles. The fourth-order valence-electron chi connectivity index (χ4n) is 2.61. The zero-order chi connectivity index (χ0) is 14.0. The molecule has 1 aliphatic rings. The Bertz CT molecular complexity index is 475. The van der Waals surface area contributed by atoms with Gasteiger partial charge in [-0.15, -0.1) is 0 Å². The molecule has 0 saturated carbocycles. The average molecular weight is 325 g/mol. The molecular formula is C15H21BrN2O. The molecule has 0 bridgehead atoms. The van der Waals surface area contributed by atoms with Crippen LogP contribution in [0, 0.1) is 6.92 Å². The van der Waals surface area contributed by atoms with E-state index in [1.54, 1.807) is 0 Å². The number of carbonyl (C=O) groups is 1. The molecule has 0 N–H and O–H groups in total. The molecule has 1 amide bonds. The average Bonchev–Trinajstić information content (AvgIpc) is 2.77. The number of nitrogens with zero attached hydrogens (tertiary/aromatic N) is 2. The van der Waals surface area contributed by atoms with Crippen molar-refractivity contribution in [2.75, 3.05) is 27.2 Å². The summed E-state index contributed by atoms with van der Waals surface area (Å²) in [4.78, 5) is 16.6. The van der Waals surface area contributed by atoms with Gasteiger partial charge in [0, 0.05) is 29.7 Å². The number of rotatable bonds is 3. The number of likely N-dealkylation sites (N-methyl/N-ethyl adjacent to an activating group) is 2. The maximum absolute atomic E-state index is 12.4. The summed E-state index contributed by atoms with van der Waals surface area (Å²) < 4.78 is 1.04. The van der Waals surface area contributed by atoms with E-state index < -0.39 is 0 Å². The zero-order valence-electron chi connectivity index (χ0n) is 11.8. The van der Waals surface area contributed by atoms with Gasteiger partial charge in [0.1, 0.15) is 0 Å². The van der Waals surface area contributed by atoms with E-state index in [0.717, 1.165) is 28.7 Å². The van der Waals surface area contributed by atoms with Crippen molar-refractivity contribution in [1.29, 1.82) is 0 Å². The van der Waals surface area contributed by atoms with Crippen LogP contribution in [0.3, 0.4) is 0 Å². The number of hydrogen-bond acceptors (Lipinski definition) is 2. The number of carbonyl (C=O) groups excluding carboxylic acids is 1. The Morgan fingerprint density at radius 1 is 1.53 bits per heavy atom. The molecule has 1 fully saturated rings. The highest BCUT2D eigenvalue weighted by Crippen LogP contribution is 2.19. The smallest absolute Gasteiger partial charge is 0.253 e. The summed E-state index contributed by atoms with van der Waals surface area (Å²) >= 11 is 3.46. The van der Waals surface area contributed by atoms with E-state index >= 15 is 0 Å². The topological polar surface area (TPSA) is 23.6 Å². The van der Waals surface area contributed by atoms with Crippen LogP contribution in [0.1, 0.15) is 28.8 Å². The minimum Gasteiger partial charge on any atom is -0.340 e. The molecule has 1 unspecified atom stereocenters. The van der Waals surface area contributed by atoms with Gasteiger partial charge in [-0.2, -0.15) is 0 Å². The van der Waals surface area contributed by atoms with Gasteiger partial charge < -0.3 is 9.80 Å². The lowest BCUT2D eigenvalue weighted by Gasteiger charge is -2.26. The summed E-state index contributed by atoms with van der Waals surface area (Å²) in [7, 11) is 4.03. The number of hydrogen-bond donors (Lipinski definition) is 0. The maximum atomic E-state index is 12.4. The first-order valence-electron chi connectivity index (χ1n) is 6.71. The van der Waals surface area contributed by atoms with Gasteiger partial charge >= 0.3 is 0 Å². The van der Waals surface area contributed by atoms with Crippen molar-refractivity contribution in [3.8, 4) is 0 Å². The molecule has 104 valence electrons. The van der Waals surface area contributed by atoms with Gasteiger partial charge in [-0.25, -0.2) is 0 Å². The second-order valence-electron chi connectivity index (χ2n) is 5.43. The summed E-state index contributed by atoms with van der Waals surface area (Å²) in [5.41, 5.74) is 1.86. The molecule has 1 aliphatic heterocycles. The number of aryl methyl sites for hydroxylation is 1. The van der Waals surface area contributed by atoms with Crippen LogP contribution in [0.2, 0.25) is 0 Å². The highest BCUT2D eigenvalue weighted by atomic mass is 79.9. The Balaban J connectivity index is 2.03. The fraction of sp³-hybridized carbons (Fsp3) is 0.533. The highest BCUT2D eigenvalue weighted by Gasteiger charge is 2.24. The van der Waals surface area contributed by atoms with Crippen LogP contribution < -0.4 is 0 Å². The Kier molecular flexibility index (Phi) is 4.63. The monoisotopic (exact) mass is 324 g/mol. The molecule has 2 rings (SSSR count). The third-order valence-electron chi connectivity index (χ3n) is 3.91. The van der Waals surface area contributed by atoms with Crippen molar-refractivity contribution < 1.29 is 4.79 Å². The summed E-state index contributed by atoms with van der Waals surface area (Å²) in [6.45, 7) is 3.96. The van der Waals surface area contributed by atoms with Crippen molar-refractivity contribution in [3.05, 3.63) is 33.8 Å². The van der Waals surface area contributed by atoms with Crippen molar-refractivity contribution >= 4 is 21.8 Å². The molecule has 1 heterocycles. The molecule has 1 saturated heterocycles. The lowest BCUT2D eigenvalue weighted by atomic mass is 10.1. The SMILES string of the molecule is Cc1cc(C(=O)N(C)CC2CCCN2C)ccc1Br. The molecule has 0 radical (unpaired) electrons.